The maximum Gasteiger partial charge on any atom is 0.0593 e. The van der Waals surface area contributed by atoms with Crippen LogP contribution in [-0.4, -0.2) is 44.3 Å². The van der Waals surface area contributed by atoms with Gasteiger partial charge >= 0.3 is 0 Å². The minimum atomic E-state index is 0.879. The fourth-order valence-electron chi connectivity index (χ4n) is 2.13. The highest BCUT2D eigenvalue weighted by Crippen LogP contribution is 2.09. The van der Waals surface area contributed by atoms with E-state index in [4.69, 9.17) is 4.74 Å². The van der Waals surface area contributed by atoms with Gasteiger partial charge in [-0.1, -0.05) is 12.1 Å². The zero-order chi connectivity index (χ0) is 11.9. The van der Waals surface area contributed by atoms with Gasteiger partial charge in [-0.2, -0.15) is 0 Å². The average molecular weight is 234 g/mol. The summed E-state index contributed by atoms with van der Waals surface area (Å²) < 4.78 is 5.44. The van der Waals surface area contributed by atoms with Crippen molar-refractivity contribution in [1.82, 2.24) is 4.90 Å². The molecule has 0 spiro atoms. The van der Waals surface area contributed by atoms with Crippen molar-refractivity contribution in [2.24, 2.45) is 0 Å². The molecule has 0 unspecified atom stereocenters. The van der Waals surface area contributed by atoms with E-state index in [0.29, 0.717) is 0 Å². The van der Waals surface area contributed by atoms with Crippen molar-refractivity contribution >= 4 is 5.69 Å². The van der Waals surface area contributed by atoms with Crippen molar-refractivity contribution in [2.75, 3.05) is 44.7 Å². The Kier molecular flexibility index (Phi) is 4.83. The van der Waals surface area contributed by atoms with E-state index >= 15 is 0 Å². The molecule has 3 nitrogen and oxygen atoms in total. The normalized spacial score (nSPS) is 17.7. The fourth-order valence-corrected chi connectivity index (χ4v) is 2.13. The fraction of sp³-hybridized carbons (Fsp3) is 0.571. The molecule has 2 rings (SSSR count). The second-order valence-electron chi connectivity index (χ2n) is 4.60. The Morgan fingerprint density at radius 2 is 2.24 bits per heavy atom. The van der Waals surface area contributed by atoms with Crippen LogP contribution < -0.4 is 5.32 Å². The van der Waals surface area contributed by atoms with Gasteiger partial charge in [0.1, 0.15) is 0 Å². The zero-order valence-corrected chi connectivity index (χ0v) is 10.6. The highest BCUT2D eigenvalue weighted by atomic mass is 16.5. The van der Waals surface area contributed by atoms with Gasteiger partial charge in [-0.25, -0.2) is 0 Å². The first kappa shape index (κ1) is 12.4. The summed E-state index contributed by atoms with van der Waals surface area (Å²) in [4.78, 5) is 2.47. The Labute approximate surface area is 104 Å². The molecule has 0 atom stereocenters. The van der Waals surface area contributed by atoms with E-state index in [-0.39, 0.29) is 0 Å². The van der Waals surface area contributed by atoms with Crippen molar-refractivity contribution in [3.05, 3.63) is 29.8 Å². The van der Waals surface area contributed by atoms with E-state index in [1.54, 1.807) is 0 Å². The van der Waals surface area contributed by atoms with Crippen LogP contribution in [0.4, 0.5) is 5.69 Å². The third kappa shape index (κ3) is 4.36. The van der Waals surface area contributed by atoms with Crippen LogP contribution in [0.5, 0.6) is 0 Å². The van der Waals surface area contributed by atoms with Gasteiger partial charge < -0.3 is 10.1 Å². The topological polar surface area (TPSA) is 24.5 Å². The minimum absolute atomic E-state index is 0.879. The lowest BCUT2D eigenvalue weighted by Crippen LogP contribution is -2.31. The summed E-state index contributed by atoms with van der Waals surface area (Å²) in [5.74, 6) is 0. The molecule has 1 aromatic carbocycles. The summed E-state index contributed by atoms with van der Waals surface area (Å²) in [7, 11) is 0. The molecule has 1 fully saturated rings. The average Bonchev–Trinajstić information content (AvgIpc) is 2.58. The Bertz CT molecular complexity index is 333. The lowest BCUT2D eigenvalue weighted by atomic mass is 10.2. The summed E-state index contributed by atoms with van der Waals surface area (Å²) in [6, 6.07) is 8.53. The molecule has 1 aromatic rings. The second-order valence-corrected chi connectivity index (χ2v) is 4.60. The predicted octanol–water partition coefficient (Wildman–Crippen LogP) is 2.13. The van der Waals surface area contributed by atoms with Gasteiger partial charge in [0.2, 0.25) is 0 Å². The number of anilines is 1. The quantitative estimate of drug-likeness (QED) is 0.863. The number of ether oxygens (including phenoxy) is 1. The molecule has 0 aromatic heterocycles. The Morgan fingerprint density at radius 3 is 3.12 bits per heavy atom. The number of hydrogen-bond donors (Lipinski definition) is 1. The van der Waals surface area contributed by atoms with Crippen molar-refractivity contribution in [2.45, 2.75) is 13.3 Å². The van der Waals surface area contributed by atoms with Gasteiger partial charge in [0.25, 0.3) is 0 Å². The van der Waals surface area contributed by atoms with Crippen LogP contribution in [0.1, 0.15) is 12.0 Å². The third-order valence-electron chi connectivity index (χ3n) is 3.09. The first-order chi connectivity index (χ1) is 8.34. The van der Waals surface area contributed by atoms with Gasteiger partial charge in [0.15, 0.2) is 0 Å². The summed E-state index contributed by atoms with van der Waals surface area (Å²) in [5, 5.41) is 3.47. The van der Waals surface area contributed by atoms with Crippen molar-refractivity contribution in [3.63, 3.8) is 0 Å². The monoisotopic (exact) mass is 234 g/mol. The van der Waals surface area contributed by atoms with Crippen molar-refractivity contribution in [3.8, 4) is 0 Å². The van der Waals surface area contributed by atoms with E-state index < -0.39 is 0 Å². The summed E-state index contributed by atoms with van der Waals surface area (Å²) in [6.07, 6.45) is 1.16. The molecule has 1 aliphatic heterocycles. The lowest BCUT2D eigenvalue weighted by molar-refractivity contribution is 0.142. The van der Waals surface area contributed by atoms with Crippen LogP contribution >= 0.6 is 0 Å². The molecule has 94 valence electrons. The van der Waals surface area contributed by atoms with Gasteiger partial charge in [-0.15, -0.1) is 0 Å². The number of benzene rings is 1. The van der Waals surface area contributed by atoms with Crippen LogP contribution in [0.25, 0.3) is 0 Å². The SMILES string of the molecule is Cc1cccc(NCCN2CCCOCC2)c1. The largest absolute Gasteiger partial charge is 0.384 e. The third-order valence-corrected chi connectivity index (χ3v) is 3.09. The molecule has 1 heterocycles. The highest BCUT2D eigenvalue weighted by molar-refractivity contribution is 5.45. The maximum atomic E-state index is 5.44. The van der Waals surface area contributed by atoms with Crippen LogP contribution in [-0.2, 0) is 4.74 Å². The Hall–Kier alpha value is -1.06. The number of nitrogens with zero attached hydrogens (tertiary/aromatic N) is 1. The van der Waals surface area contributed by atoms with Gasteiger partial charge in [-0.3, -0.25) is 4.90 Å². The molecule has 0 amide bonds. The number of aryl methyl sites for hydroxylation is 1. The van der Waals surface area contributed by atoms with Crippen LogP contribution in [0.3, 0.4) is 0 Å². The molecule has 0 saturated carbocycles. The van der Waals surface area contributed by atoms with Crippen LogP contribution in [0, 0.1) is 6.92 Å². The molecule has 1 saturated heterocycles. The Morgan fingerprint density at radius 1 is 1.29 bits per heavy atom. The Balaban J connectivity index is 1.71. The molecule has 0 bridgehead atoms. The molecular formula is C14H22N2O. The molecule has 0 radical (unpaired) electrons. The van der Waals surface area contributed by atoms with E-state index in [2.05, 4.69) is 41.4 Å². The highest BCUT2D eigenvalue weighted by Gasteiger charge is 2.07. The zero-order valence-electron chi connectivity index (χ0n) is 10.6. The minimum Gasteiger partial charge on any atom is -0.384 e. The molecule has 3 heteroatoms. The number of nitrogens with one attached hydrogen (secondary N) is 1. The van der Waals surface area contributed by atoms with Gasteiger partial charge in [0, 0.05) is 38.5 Å². The smallest absolute Gasteiger partial charge is 0.0593 e. The predicted molar refractivity (Wildman–Crippen MR) is 71.5 cm³/mol. The van der Waals surface area contributed by atoms with Crippen LogP contribution in [0.15, 0.2) is 24.3 Å². The maximum absolute atomic E-state index is 5.44. The molecule has 0 aliphatic carbocycles. The summed E-state index contributed by atoms with van der Waals surface area (Å²) in [5.41, 5.74) is 2.52. The van der Waals surface area contributed by atoms with Crippen LogP contribution in [0.2, 0.25) is 0 Å². The van der Waals surface area contributed by atoms with E-state index in [0.717, 1.165) is 45.8 Å². The van der Waals surface area contributed by atoms with E-state index in [9.17, 15) is 0 Å². The summed E-state index contributed by atoms with van der Waals surface area (Å²) >= 11 is 0. The second kappa shape index (κ2) is 6.62. The standard InChI is InChI=1S/C14H22N2O/c1-13-4-2-5-14(12-13)15-6-8-16-7-3-10-17-11-9-16/h2,4-5,12,15H,3,6-11H2,1H3. The lowest BCUT2D eigenvalue weighted by Gasteiger charge is -2.19. The van der Waals surface area contributed by atoms with Crippen molar-refractivity contribution in [1.29, 1.82) is 0 Å². The van der Waals surface area contributed by atoms with Crippen molar-refractivity contribution < 1.29 is 4.74 Å². The van der Waals surface area contributed by atoms with E-state index in [1.165, 1.54) is 11.3 Å². The first-order valence-corrected chi connectivity index (χ1v) is 6.45. The molecule has 17 heavy (non-hydrogen) atoms. The summed E-state index contributed by atoms with van der Waals surface area (Å²) in [6.45, 7) is 8.25. The molecular weight excluding hydrogens is 212 g/mol. The first-order valence-electron chi connectivity index (χ1n) is 6.45. The van der Waals surface area contributed by atoms with E-state index in [1.807, 2.05) is 0 Å². The molecule has 1 aliphatic rings. The number of rotatable bonds is 4. The molecule has 1 N–H and O–H groups in total. The number of hydrogen-bond acceptors (Lipinski definition) is 3. The van der Waals surface area contributed by atoms with Gasteiger partial charge in [-0.05, 0) is 31.0 Å². The van der Waals surface area contributed by atoms with Gasteiger partial charge in [0.05, 0.1) is 6.61 Å².